The van der Waals surface area contributed by atoms with Gasteiger partial charge in [-0.15, -0.1) is 11.8 Å². The highest BCUT2D eigenvalue weighted by molar-refractivity contribution is 8.00. The molecule has 1 aromatic rings. The molecular formula is C14H17FN2O3S. The second kappa shape index (κ2) is 7.31. The van der Waals surface area contributed by atoms with Crippen LogP contribution in [0, 0.1) is 5.82 Å². The normalized spacial score (nSPS) is 15.9. The van der Waals surface area contributed by atoms with Gasteiger partial charge in [0.25, 0.3) is 0 Å². The molecule has 2 amide bonds. The SMILES string of the molecule is C[C@H](COc1cccc(F)c1)NC(=O)CN1CSCC1=O. The van der Waals surface area contributed by atoms with Crippen molar-refractivity contribution >= 4 is 23.6 Å². The number of ether oxygens (including phenoxy) is 1. The summed E-state index contributed by atoms with van der Waals surface area (Å²) in [6.07, 6.45) is 0. The Kier molecular flexibility index (Phi) is 5.44. The van der Waals surface area contributed by atoms with Crippen LogP contribution in [0.3, 0.4) is 0 Å². The Labute approximate surface area is 126 Å². The molecule has 1 heterocycles. The molecule has 1 fully saturated rings. The zero-order valence-electron chi connectivity index (χ0n) is 11.7. The van der Waals surface area contributed by atoms with Gasteiger partial charge in [0.2, 0.25) is 11.8 Å². The van der Waals surface area contributed by atoms with E-state index in [4.69, 9.17) is 4.74 Å². The molecular weight excluding hydrogens is 295 g/mol. The highest BCUT2D eigenvalue weighted by Crippen LogP contribution is 2.14. The second-order valence-corrected chi connectivity index (χ2v) is 5.76. The number of hydrogen-bond acceptors (Lipinski definition) is 4. The molecule has 2 rings (SSSR count). The summed E-state index contributed by atoms with van der Waals surface area (Å²) in [5.74, 6) is 0.808. The summed E-state index contributed by atoms with van der Waals surface area (Å²) >= 11 is 1.50. The minimum absolute atomic E-state index is 0.0150. The summed E-state index contributed by atoms with van der Waals surface area (Å²) in [5.41, 5.74) is 0. The molecule has 0 radical (unpaired) electrons. The summed E-state index contributed by atoms with van der Waals surface area (Å²) in [7, 11) is 0. The van der Waals surface area contributed by atoms with Crippen LogP contribution in [-0.4, -0.2) is 47.5 Å². The monoisotopic (exact) mass is 312 g/mol. The van der Waals surface area contributed by atoms with Crippen molar-refractivity contribution in [2.75, 3.05) is 24.8 Å². The molecule has 21 heavy (non-hydrogen) atoms. The third-order valence-corrected chi connectivity index (χ3v) is 3.81. The van der Waals surface area contributed by atoms with Gasteiger partial charge in [0, 0.05) is 6.07 Å². The fraction of sp³-hybridized carbons (Fsp3) is 0.429. The fourth-order valence-electron chi connectivity index (χ4n) is 1.85. The van der Waals surface area contributed by atoms with Crippen LogP contribution in [0.15, 0.2) is 24.3 Å². The molecule has 0 aromatic heterocycles. The number of nitrogens with zero attached hydrogens (tertiary/aromatic N) is 1. The van der Waals surface area contributed by atoms with Gasteiger partial charge in [-0.05, 0) is 19.1 Å². The molecule has 114 valence electrons. The van der Waals surface area contributed by atoms with Gasteiger partial charge >= 0.3 is 0 Å². The second-order valence-electron chi connectivity index (χ2n) is 4.81. The fourth-order valence-corrected chi connectivity index (χ4v) is 2.76. The summed E-state index contributed by atoms with van der Waals surface area (Å²) in [6, 6.07) is 5.60. The van der Waals surface area contributed by atoms with E-state index in [1.54, 1.807) is 19.1 Å². The predicted octanol–water partition coefficient (Wildman–Crippen LogP) is 1.24. The zero-order chi connectivity index (χ0) is 15.2. The Balaban J connectivity index is 1.72. The Hall–Kier alpha value is -1.76. The topological polar surface area (TPSA) is 58.6 Å². The number of nitrogens with one attached hydrogen (secondary N) is 1. The first-order valence-electron chi connectivity index (χ1n) is 6.58. The zero-order valence-corrected chi connectivity index (χ0v) is 12.5. The van der Waals surface area contributed by atoms with Crippen LogP contribution in [0.5, 0.6) is 5.75 Å². The van der Waals surface area contributed by atoms with Gasteiger partial charge in [-0.1, -0.05) is 6.07 Å². The van der Waals surface area contributed by atoms with Crippen molar-refractivity contribution in [2.24, 2.45) is 0 Å². The third-order valence-electron chi connectivity index (χ3n) is 2.86. The quantitative estimate of drug-likeness (QED) is 0.859. The molecule has 7 heteroatoms. The van der Waals surface area contributed by atoms with Crippen molar-refractivity contribution in [1.29, 1.82) is 0 Å². The lowest BCUT2D eigenvalue weighted by molar-refractivity contribution is -0.132. The molecule has 0 aliphatic carbocycles. The van der Waals surface area contributed by atoms with E-state index < -0.39 is 0 Å². The summed E-state index contributed by atoms with van der Waals surface area (Å²) in [4.78, 5) is 24.7. The van der Waals surface area contributed by atoms with Gasteiger partial charge in [-0.25, -0.2) is 4.39 Å². The predicted molar refractivity (Wildman–Crippen MR) is 78.5 cm³/mol. The molecule has 1 N–H and O–H groups in total. The van der Waals surface area contributed by atoms with Gasteiger partial charge in [0.15, 0.2) is 0 Å². The van der Waals surface area contributed by atoms with E-state index in [1.807, 2.05) is 0 Å². The standard InChI is InChI=1S/C14H17FN2O3S/c1-10(7-20-12-4-2-3-11(15)5-12)16-13(18)6-17-9-21-8-14(17)19/h2-5,10H,6-9H2,1H3,(H,16,18)/t10-/m1/s1. The Bertz CT molecular complexity index is 527. The van der Waals surface area contributed by atoms with Crippen LogP contribution in [0.25, 0.3) is 0 Å². The maximum atomic E-state index is 13.0. The van der Waals surface area contributed by atoms with E-state index in [2.05, 4.69) is 5.32 Å². The lowest BCUT2D eigenvalue weighted by Crippen LogP contribution is -2.43. The average molecular weight is 312 g/mol. The van der Waals surface area contributed by atoms with Crippen LogP contribution < -0.4 is 10.1 Å². The first-order chi connectivity index (χ1) is 10.0. The Morgan fingerprint density at radius 2 is 2.38 bits per heavy atom. The minimum atomic E-state index is -0.366. The van der Waals surface area contributed by atoms with Crippen LogP contribution in [-0.2, 0) is 9.59 Å². The Morgan fingerprint density at radius 3 is 3.05 bits per heavy atom. The highest BCUT2D eigenvalue weighted by atomic mass is 32.2. The summed E-state index contributed by atoms with van der Waals surface area (Å²) in [6.45, 7) is 2.09. The molecule has 1 aliphatic heterocycles. The maximum Gasteiger partial charge on any atom is 0.239 e. The van der Waals surface area contributed by atoms with Gasteiger partial charge in [0.05, 0.1) is 17.7 Å². The number of carbonyl (C=O) groups is 2. The third kappa shape index (κ3) is 4.93. The molecule has 0 spiro atoms. The first kappa shape index (κ1) is 15.6. The van der Waals surface area contributed by atoms with Crippen molar-refractivity contribution in [1.82, 2.24) is 10.2 Å². The smallest absolute Gasteiger partial charge is 0.239 e. The highest BCUT2D eigenvalue weighted by Gasteiger charge is 2.23. The van der Waals surface area contributed by atoms with Crippen LogP contribution >= 0.6 is 11.8 Å². The number of benzene rings is 1. The van der Waals surface area contributed by atoms with E-state index in [9.17, 15) is 14.0 Å². The molecule has 5 nitrogen and oxygen atoms in total. The molecule has 1 atom stereocenters. The van der Waals surface area contributed by atoms with Gasteiger partial charge in [0.1, 0.15) is 24.7 Å². The molecule has 1 aromatic carbocycles. The van der Waals surface area contributed by atoms with Crippen molar-refractivity contribution in [3.63, 3.8) is 0 Å². The molecule has 1 saturated heterocycles. The van der Waals surface area contributed by atoms with Crippen molar-refractivity contribution in [3.05, 3.63) is 30.1 Å². The average Bonchev–Trinajstić information content (AvgIpc) is 2.82. The number of thioether (sulfide) groups is 1. The Morgan fingerprint density at radius 1 is 1.57 bits per heavy atom. The number of halogens is 1. The first-order valence-corrected chi connectivity index (χ1v) is 7.73. The van der Waals surface area contributed by atoms with E-state index in [0.717, 1.165) is 0 Å². The van der Waals surface area contributed by atoms with Crippen molar-refractivity contribution < 1.29 is 18.7 Å². The summed E-state index contributed by atoms with van der Waals surface area (Å²) < 4.78 is 18.4. The van der Waals surface area contributed by atoms with E-state index in [1.165, 1.54) is 28.8 Å². The molecule has 1 aliphatic rings. The van der Waals surface area contributed by atoms with Gasteiger partial charge in [-0.3, -0.25) is 9.59 Å². The molecule has 0 bridgehead atoms. The lowest BCUT2D eigenvalue weighted by atomic mass is 10.3. The van der Waals surface area contributed by atoms with Crippen molar-refractivity contribution in [3.8, 4) is 5.75 Å². The van der Waals surface area contributed by atoms with Gasteiger partial charge in [-0.2, -0.15) is 0 Å². The number of rotatable bonds is 6. The van der Waals surface area contributed by atoms with Crippen LogP contribution in [0.4, 0.5) is 4.39 Å². The minimum Gasteiger partial charge on any atom is -0.491 e. The maximum absolute atomic E-state index is 13.0. The number of carbonyl (C=O) groups excluding carboxylic acids is 2. The largest absolute Gasteiger partial charge is 0.491 e. The lowest BCUT2D eigenvalue weighted by Gasteiger charge is -2.18. The van der Waals surface area contributed by atoms with Crippen LogP contribution in [0.2, 0.25) is 0 Å². The number of amides is 2. The van der Waals surface area contributed by atoms with Crippen molar-refractivity contribution in [2.45, 2.75) is 13.0 Å². The number of hydrogen-bond donors (Lipinski definition) is 1. The van der Waals surface area contributed by atoms with Crippen LogP contribution in [0.1, 0.15) is 6.92 Å². The molecule has 0 unspecified atom stereocenters. The van der Waals surface area contributed by atoms with E-state index in [-0.39, 0.29) is 36.8 Å². The van der Waals surface area contributed by atoms with E-state index in [0.29, 0.717) is 17.4 Å². The molecule has 0 saturated carbocycles. The van der Waals surface area contributed by atoms with Gasteiger partial charge < -0.3 is 15.0 Å². The van der Waals surface area contributed by atoms with E-state index >= 15 is 0 Å². The summed E-state index contributed by atoms with van der Waals surface area (Å²) in [5, 5.41) is 2.75.